The van der Waals surface area contributed by atoms with E-state index in [0.717, 1.165) is 56.3 Å². The van der Waals surface area contributed by atoms with Crippen molar-refractivity contribution in [2.24, 2.45) is 5.92 Å². The van der Waals surface area contributed by atoms with Crippen molar-refractivity contribution >= 4 is 5.91 Å². The van der Waals surface area contributed by atoms with Crippen molar-refractivity contribution in [3.05, 3.63) is 65.2 Å². The van der Waals surface area contributed by atoms with Gasteiger partial charge in [0.2, 0.25) is 0 Å². The molecule has 0 bridgehead atoms. The SMILES string of the molecule is COc1ccc(C(=O)N2CCC3(CC2)CN(CC2CC2)Cc2ccccc23)cc1. The molecular weight excluding hydrogens is 360 g/mol. The maximum absolute atomic E-state index is 13.0. The number of carbonyl (C=O) groups excluding carboxylic acids is 1. The number of rotatable bonds is 4. The molecule has 0 aromatic heterocycles. The number of hydrogen-bond acceptors (Lipinski definition) is 3. The molecule has 0 radical (unpaired) electrons. The van der Waals surface area contributed by atoms with Crippen LogP contribution in [0.2, 0.25) is 0 Å². The molecule has 2 fully saturated rings. The first-order chi connectivity index (χ1) is 14.2. The zero-order chi connectivity index (χ0) is 19.8. The molecular formula is C25H30N2O2. The Kier molecular flexibility index (Phi) is 4.83. The predicted molar refractivity (Wildman–Crippen MR) is 114 cm³/mol. The lowest BCUT2D eigenvalue weighted by atomic mass is 9.68. The lowest BCUT2D eigenvalue weighted by Crippen LogP contribution is -2.53. The monoisotopic (exact) mass is 390 g/mol. The van der Waals surface area contributed by atoms with Gasteiger partial charge >= 0.3 is 0 Å². The number of ether oxygens (including phenoxy) is 1. The second kappa shape index (κ2) is 7.49. The largest absolute Gasteiger partial charge is 0.497 e. The van der Waals surface area contributed by atoms with Gasteiger partial charge in [-0.2, -0.15) is 0 Å². The minimum atomic E-state index is 0.140. The van der Waals surface area contributed by atoms with Gasteiger partial charge in [-0.05, 0) is 67.0 Å². The molecule has 0 N–H and O–H groups in total. The topological polar surface area (TPSA) is 32.8 Å². The minimum Gasteiger partial charge on any atom is -0.497 e. The third-order valence-electron chi connectivity index (χ3n) is 7.07. The first-order valence-electron chi connectivity index (χ1n) is 10.9. The highest BCUT2D eigenvalue weighted by Crippen LogP contribution is 2.43. The molecule has 2 aromatic carbocycles. The zero-order valence-electron chi connectivity index (χ0n) is 17.3. The second-order valence-corrected chi connectivity index (χ2v) is 9.07. The van der Waals surface area contributed by atoms with Gasteiger partial charge in [0.15, 0.2) is 0 Å². The number of likely N-dealkylation sites (tertiary alicyclic amines) is 1. The Hall–Kier alpha value is -2.33. The average Bonchev–Trinajstić information content (AvgIpc) is 3.58. The molecule has 2 aliphatic heterocycles. The highest BCUT2D eigenvalue weighted by atomic mass is 16.5. The summed E-state index contributed by atoms with van der Waals surface area (Å²) < 4.78 is 5.22. The van der Waals surface area contributed by atoms with Crippen LogP contribution in [0.15, 0.2) is 48.5 Å². The van der Waals surface area contributed by atoms with Crippen molar-refractivity contribution in [3.63, 3.8) is 0 Å². The van der Waals surface area contributed by atoms with Gasteiger partial charge in [-0.15, -0.1) is 0 Å². The fourth-order valence-electron chi connectivity index (χ4n) is 5.26. The Morgan fingerprint density at radius 2 is 1.79 bits per heavy atom. The summed E-state index contributed by atoms with van der Waals surface area (Å²) in [7, 11) is 1.65. The summed E-state index contributed by atoms with van der Waals surface area (Å²) in [5.41, 5.74) is 3.97. The van der Waals surface area contributed by atoms with Gasteiger partial charge in [-0.1, -0.05) is 24.3 Å². The minimum absolute atomic E-state index is 0.140. The number of hydrogen-bond donors (Lipinski definition) is 0. The molecule has 2 heterocycles. The van der Waals surface area contributed by atoms with Gasteiger partial charge in [-0.25, -0.2) is 0 Å². The number of piperidine rings is 1. The van der Waals surface area contributed by atoms with Gasteiger partial charge in [0.05, 0.1) is 7.11 Å². The normalized spacial score (nSPS) is 21.1. The number of carbonyl (C=O) groups is 1. The van der Waals surface area contributed by atoms with Crippen molar-refractivity contribution < 1.29 is 9.53 Å². The quantitative estimate of drug-likeness (QED) is 0.788. The van der Waals surface area contributed by atoms with E-state index < -0.39 is 0 Å². The maximum Gasteiger partial charge on any atom is 0.253 e. The van der Waals surface area contributed by atoms with E-state index in [1.54, 1.807) is 7.11 Å². The summed E-state index contributed by atoms with van der Waals surface area (Å²) in [6.45, 7) is 5.13. The zero-order valence-corrected chi connectivity index (χ0v) is 17.3. The molecule has 4 nitrogen and oxygen atoms in total. The number of amides is 1. The molecule has 1 saturated heterocycles. The van der Waals surface area contributed by atoms with Crippen molar-refractivity contribution in [1.29, 1.82) is 0 Å². The van der Waals surface area contributed by atoms with Crippen molar-refractivity contribution in [1.82, 2.24) is 9.80 Å². The van der Waals surface area contributed by atoms with Crippen LogP contribution in [-0.4, -0.2) is 49.0 Å². The van der Waals surface area contributed by atoms with Gasteiger partial charge < -0.3 is 9.64 Å². The highest BCUT2D eigenvalue weighted by Gasteiger charge is 2.43. The summed E-state index contributed by atoms with van der Waals surface area (Å²) in [6, 6.07) is 16.5. The summed E-state index contributed by atoms with van der Waals surface area (Å²) in [4.78, 5) is 17.7. The van der Waals surface area contributed by atoms with E-state index in [1.165, 1.54) is 30.5 Å². The van der Waals surface area contributed by atoms with Crippen LogP contribution < -0.4 is 4.74 Å². The summed E-state index contributed by atoms with van der Waals surface area (Å²) in [6.07, 6.45) is 4.89. The smallest absolute Gasteiger partial charge is 0.253 e. The molecule has 0 atom stereocenters. The molecule has 4 heteroatoms. The molecule has 3 aliphatic rings. The van der Waals surface area contributed by atoms with Crippen LogP contribution >= 0.6 is 0 Å². The van der Waals surface area contributed by atoms with E-state index in [4.69, 9.17) is 4.74 Å². The first kappa shape index (κ1) is 18.7. The third kappa shape index (κ3) is 3.66. The summed E-state index contributed by atoms with van der Waals surface area (Å²) in [5.74, 6) is 1.84. The van der Waals surface area contributed by atoms with Gasteiger partial charge in [0, 0.05) is 43.7 Å². The molecule has 152 valence electrons. The Morgan fingerprint density at radius 3 is 2.48 bits per heavy atom. The number of fused-ring (bicyclic) bond motifs is 2. The van der Waals surface area contributed by atoms with E-state index in [-0.39, 0.29) is 11.3 Å². The van der Waals surface area contributed by atoms with Crippen molar-refractivity contribution in [3.8, 4) is 5.75 Å². The van der Waals surface area contributed by atoms with Crippen molar-refractivity contribution in [2.45, 2.75) is 37.6 Å². The van der Waals surface area contributed by atoms with Crippen molar-refractivity contribution in [2.75, 3.05) is 33.3 Å². The van der Waals surface area contributed by atoms with Crippen LogP contribution in [0, 0.1) is 5.92 Å². The van der Waals surface area contributed by atoms with E-state index >= 15 is 0 Å². The van der Waals surface area contributed by atoms with Gasteiger partial charge in [0.1, 0.15) is 5.75 Å². The van der Waals surface area contributed by atoms with Crippen LogP contribution in [-0.2, 0) is 12.0 Å². The molecule has 2 aromatic rings. The Labute approximate surface area is 173 Å². The molecule has 29 heavy (non-hydrogen) atoms. The predicted octanol–water partition coefficient (Wildman–Crippen LogP) is 4.09. The van der Waals surface area contributed by atoms with Crippen LogP contribution in [0.4, 0.5) is 0 Å². The molecule has 5 rings (SSSR count). The fourth-order valence-corrected chi connectivity index (χ4v) is 5.26. The Balaban J connectivity index is 1.33. The summed E-state index contributed by atoms with van der Waals surface area (Å²) >= 11 is 0. The lowest BCUT2D eigenvalue weighted by molar-refractivity contribution is 0.0590. The Bertz CT molecular complexity index is 880. The average molecular weight is 391 g/mol. The first-order valence-corrected chi connectivity index (χ1v) is 10.9. The van der Waals surface area contributed by atoms with E-state index in [0.29, 0.717) is 0 Å². The number of methoxy groups -OCH3 is 1. The molecule has 1 aliphatic carbocycles. The van der Waals surface area contributed by atoms with E-state index in [1.807, 2.05) is 29.2 Å². The van der Waals surface area contributed by atoms with Crippen LogP contribution in [0.25, 0.3) is 0 Å². The van der Waals surface area contributed by atoms with Crippen LogP contribution in [0.5, 0.6) is 5.75 Å². The highest BCUT2D eigenvalue weighted by molar-refractivity contribution is 5.94. The molecule has 0 unspecified atom stereocenters. The number of nitrogens with zero attached hydrogens (tertiary/aromatic N) is 2. The van der Waals surface area contributed by atoms with E-state index in [9.17, 15) is 4.79 Å². The molecule has 1 saturated carbocycles. The summed E-state index contributed by atoms with van der Waals surface area (Å²) in [5, 5.41) is 0. The Morgan fingerprint density at radius 1 is 1.07 bits per heavy atom. The molecule has 1 spiro atoms. The van der Waals surface area contributed by atoms with Crippen LogP contribution in [0.3, 0.4) is 0 Å². The lowest BCUT2D eigenvalue weighted by Gasteiger charge is -2.49. The molecule has 1 amide bonds. The van der Waals surface area contributed by atoms with Crippen LogP contribution in [0.1, 0.15) is 47.2 Å². The fraction of sp³-hybridized carbons (Fsp3) is 0.480. The van der Waals surface area contributed by atoms with Gasteiger partial charge in [-0.3, -0.25) is 9.69 Å². The third-order valence-corrected chi connectivity index (χ3v) is 7.07. The van der Waals surface area contributed by atoms with Gasteiger partial charge in [0.25, 0.3) is 5.91 Å². The second-order valence-electron chi connectivity index (χ2n) is 9.07. The number of benzene rings is 2. The van der Waals surface area contributed by atoms with E-state index in [2.05, 4.69) is 29.2 Å². The standard InChI is InChI=1S/C25H30N2O2/c1-29-22-10-8-20(9-11-22)24(28)27-14-12-25(13-15-27)18-26(16-19-6-7-19)17-21-4-2-3-5-23(21)25/h2-5,8-11,19H,6-7,12-18H2,1H3. The maximum atomic E-state index is 13.0.